The fourth-order valence-electron chi connectivity index (χ4n) is 1.98. The summed E-state index contributed by atoms with van der Waals surface area (Å²) < 4.78 is 10.6. The van der Waals surface area contributed by atoms with Crippen LogP contribution in [0.25, 0.3) is 0 Å². The highest BCUT2D eigenvalue weighted by Crippen LogP contribution is 2.16. The number of rotatable bonds is 7. The van der Waals surface area contributed by atoms with Crippen molar-refractivity contribution in [3.8, 4) is 5.75 Å². The van der Waals surface area contributed by atoms with Gasteiger partial charge in [0.15, 0.2) is 0 Å². The predicted octanol–water partition coefficient (Wildman–Crippen LogP) is 2.40. The van der Waals surface area contributed by atoms with Crippen LogP contribution in [0.15, 0.2) is 48.5 Å². The van der Waals surface area contributed by atoms with Gasteiger partial charge in [-0.3, -0.25) is 0 Å². The molecule has 0 aliphatic rings. The molecule has 2 aromatic rings. The molecule has 0 heterocycles. The number of ether oxygens (including phenoxy) is 2. The van der Waals surface area contributed by atoms with Crippen molar-refractivity contribution in [2.24, 2.45) is 5.73 Å². The Hall–Kier alpha value is -1.88. The molecule has 1 unspecified atom stereocenters. The van der Waals surface area contributed by atoms with Gasteiger partial charge in [0.25, 0.3) is 0 Å². The van der Waals surface area contributed by atoms with Crippen LogP contribution in [0.1, 0.15) is 22.8 Å². The van der Waals surface area contributed by atoms with Crippen molar-refractivity contribution in [3.05, 3.63) is 65.2 Å². The summed E-state index contributed by atoms with van der Waals surface area (Å²) in [4.78, 5) is 0. The molecule has 0 fully saturated rings. The Morgan fingerprint density at radius 2 is 1.62 bits per heavy atom. The molecule has 0 amide bonds. The Kier molecular flexibility index (Phi) is 5.75. The third-order valence-electron chi connectivity index (χ3n) is 3.30. The number of hydrogen-bond donors (Lipinski definition) is 2. The van der Waals surface area contributed by atoms with Gasteiger partial charge >= 0.3 is 0 Å². The number of benzene rings is 2. The first kappa shape index (κ1) is 15.5. The lowest BCUT2D eigenvalue weighted by Crippen LogP contribution is -2.07. The molecule has 21 heavy (non-hydrogen) atoms. The molecule has 0 aliphatic carbocycles. The van der Waals surface area contributed by atoms with Crippen molar-refractivity contribution in [2.75, 3.05) is 13.7 Å². The number of aliphatic hydroxyl groups excluding tert-OH is 1. The Balaban J connectivity index is 1.81. The first-order chi connectivity index (χ1) is 10.2. The van der Waals surface area contributed by atoms with E-state index in [1.165, 1.54) is 0 Å². The normalized spacial score (nSPS) is 12.1. The molecule has 0 bridgehead atoms. The zero-order valence-electron chi connectivity index (χ0n) is 12.2. The smallest absolute Gasteiger partial charge is 0.118 e. The summed E-state index contributed by atoms with van der Waals surface area (Å²) in [7, 11) is 1.64. The van der Waals surface area contributed by atoms with Gasteiger partial charge in [0.2, 0.25) is 0 Å². The molecule has 1 atom stereocenters. The highest BCUT2D eigenvalue weighted by atomic mass is 16.5. The van der Waals surface area contributed by atoms with E-state index in [2.05, 4.69) is 0 Å². The van der Waals surface area contributed by atoms with Crippen LogP contribution in [0.2, 0.25) is 0 Å². The van der Waals surface area contributed by atoms with Gasteiger partial charge in [-0.05, 0) is 28.8 Å². The summed E-state index contributed by atoms with van der Waals surface area (Å²) >= 11 is 0. The van der Waals surface area contributed by atoms with E-state index >= 15 is 0 Å². The molecule has 112 valence electrons. The fraction of sp³-hybridized carbons (Fsp3) is 0.294. The van der Waals surface area contributed by atoms with E-state index in [1.807, 2.05) is 48.5 Å². The molecule has 0 saturated heterocycles. The highest BCUT2D eigenvalue weighted by molar-refractivity contribution is 5.27. The van der Waals surface area contributed by atoms with Crippen LogP contribution < -0.4 is 10.5 Å². The third-order valence-corrected chi connectivity index (χ3v) is 3.30. The van der Waals surface area contributed by atoms with Gasteiger partial charge < -0.3 is 20.3 Å². The standard InChI is InChI=1S/C17H21NO3/c1-20-16-8-4-14(5-9-16)11-21-12-17(19)15-6-2-13(10-18)3-7-15/h2-9,17,19H,10-12,18H2,1H3. The largest absolute Gasteiger partial charge is 0.497 e. The predicted molar refractivity (Wildman–Crippen MR) is 81.9 cm³/mol. The SMILES string of the molecule is COc1ccc(COCC(O)c2ccc(CN)cc2)cc1. The number of nitrogens with two attached hydrogens (primary N) is 1. The van der Waals surface area contributed by atoms with Crippen molar-refractivity contribution in [2.45, 2.75) is 19.3 Å². The monoisotopic (exact) mass is 287 g/mol. The van der Waals surface area contributed by atoms with Gasteiger partial charge in [0.1, 0.15) is 11.9 Å². The second-order valence-electron chi connectivity index (χ2n) is 4.82. The lowest BCUT2D eigenvalue weighted by molar-refractivity contribution is 0.0277. The van der Waals surface area contributed by atoms with Gasteiger partial charge in [-0.2, -0.15) is 0 Å². The van der Waals surface area contributed by atoms with E-state index in [-0.39, 0.29) is 6.61 Å². The minimum absolute atomic E-state index is 0.258. The molecule has 0 aliphatic heterocycles. The molecule has 0 saturated carbocycles. The molecule has 0 aromatic heterocycles. The number of hydrogen-bond acceptors (Lipinski definition) is 4. The van der Waals surface area contributed by atoms with Crippen LogP contribution in [-0.4, -0.2) is 18.8 Å². The molecule has 4 heteroatoms. The molecule has 2 aromatic carbocycles. The maximum atomic E-state index is 10.1. The molecule has 0 spiro atoms. The van der Waals surface area contributed by atoms with Gasteiger partial charge in [0, 0.05) is 6.54 Å². The summed E-state index contributed by atoms with van der Waals surface area (Å²) in [5, 5.41) is 10.1. The first-order valence-corrected chi connectivity index (χ1v) is 6.90. The second kappa shape index (κ2) is 7.78. The zero-order chi connectivity index (χ0) is 15.1. The second-order valence-corrected chi connectivity index (χ2v) is 4.82. The summed E-state index contributed by atoms with van der Waals surface area (Å²) in [5.74, 6) is 0.818. The van der Waals surface area contributed by atoms with Crippen molar-refractivity contribution in [1.29, 1.82) is 0 Å². The van der Waals surface area contributed by atoms with E-state index in [0.29, 0.717) is 13.2 Å². The van der Waals surface area contributed by atoms with Gasteiger partial charge in [0.05, 0.1) is 20.3 Å². The topological polar surface area (TPSA) is 64.7 Å². The molecule has 3 N–H and O–H groups in total. The minimum Gasteiger partial charge on any atom is -0.497 e. The van der Waals surface area contributed by atoms with Crippen LogP contribution >= 0.6 is 0 Å². The van der Waals surface area contributed by atoms with E-state index < -0.39 is 6.10 Å². The molecular weight excluding hydrogens is 266 g/mol. The highest BCUT2D eigenvalue weighted by Gasteiger charge is 2.07. The van der Waals surface area contributed by atoms with Crippen LogP contribution in [0, 0.1) is 0 Å². The fourth-order valence-corrected chi connectivity index (χ4v) is 1.98. The Morgan fingerprint density at radius 1 is 1.00 bits per heavy atom. The van der Waals surface area contributed by atoms with Gasteiger partial charge in [-0.1, -0.05) is 36.4 Å². The molecule has 4 nitrogen and oxygen atoms in total. The minimum atomic E-state index is -0.630. The third kappa shape index (κ3) is 4.56. The first-order valence-electron chi connectivity index (χ1n) is 6.90. The summed E-state index contributed by atoms with van der Waals surface area (Å²) in [6, 6.07) is 15.3. The Morgan fingerprint density at radius 3 is 2.19 bits per heavy atom. The number of methoxy groups -OCH3 is 1. The van der Waals surface area contributed by atoms with Crippen LogP contribution in [0.5, 0.6) is 5.75 Å². The lowest BCUT2D eigenvalue weighted by Gasteiger charge is -2.12. The van der Waals surface area contributed by atoms with Gasteiger partial charge in [-0.25, -0.2) is 0 Å². The zero-order valence-corrected chi connectivity index (χ0v) is 12.2. The molecule has 2 rings (SSSR count). The van der Waals surface area contributed by atoms with Crippen molar-refractivity contribution in [3.63, 3.8) is 0 Å². The van der Waals surface area contributed by atoms with E-state index in [9.17, 15) is 5.11 Å². The Labute approximate surface area is 125 Å². The van der Waals surface area contributed by atoms with Crippen molar-refractivity contribution < 1.29 is 14.6 Å². The maximum Gasteiger partial charge on any atom is 0.118 e. The van der Waals surface area contributed by atoms with Crippen LogP contribution in [0.3, 0.4) is 0 Å². The maximum absolute atomic E-state index is 10.1. The average Bonchev–Trinajstić information content (AvgIpc) is 2.55. The van der Waals surface area contributed by atoms with Gasteiger partial charge in [-0.15, -0.1) is 0 Å². The quantitative estimate of drug-likeness (QED) is 0.820. The van der Waals surface area contributed by atoms with Crippen molar-refractivity contribution >= 4 is 0 Å². The van der Waals surface area contributed by atoms with E-state index in [4.69, 9.17) is 15.2 Å². The summed E-state index contributed by atoms with van der Waals surface area (Å²) in [6.07, 6.45) is -0.630. The molecular formula is C17H21NO3. The van der Waals surface area contributed by atoms with Crippen molar-refractivity contribution in [1.82, 2.24) is 0 Å². The summed E-state index contributed by atoms with van der Waals surface area (Å²) in [6.45, 7) is 1.22. The van der Waals surface area contributed by atoms with E-state index in [1.54, 1.807) is 7.11 Å². The van der Waals surface area contributed by atoms with E-state index in [0.717, 1.165) is 22.4 Å². The summed E-state index contributed by atoms with van der Waals surface area (Å²) in [5.41, 5.74) is 8.47. The molecule has 0 radical (unpaired) electrons. The van der Waals surface area contributed by atoms with Crippen LogP contribution in [-0.2, 0) is 17.9 Å². The number of aliphatic hydroxyl groups is 1. The average molecular weight is 287 g/mol. The Bertz CT molecular complexity index is 537. The lowest BCUT2D eigenvalue weighted by atomic mass is 10.1. The van der Waals surface area contributed by atoms with Crippen LogP contribution in [0.4, 0.5) is 0 Å².